The van der Waals surface area contributed by atoms with Crippen LogP contribution in [0.15, 0.2) is 12.1 Å². The lowest BCUT2D eigenvalue weighted by Gasteiger charge is -2.16. The Bertz CT molecular complexity index is 328. The molecule has 0 saturated heterocycles. The summed E-state index contributed by atoms with van der Waals surface area (Å²) >= 11 is 0. The van der Waals surface area contributed by atoms with Crippen molar-refractivity contribution in [3.8, 4) is 5.75 Å². The average Bonchev–Trinajstić information content (AvgIpc) is 2.15. The Balaban J connectivity index is 3.24. The SMILES string of the molecule is COc1c(C)cc(F)cc1C(N)CN. The maximum Gasteiger partial charge on any atom is 0.126 e. The summed E-state index contributed by atoms with van der Waals surface area (Å²) in [5.41, 5.74) is 12.5. The molecule has 0 radical (unpaired) electrons. The van der Waals surface area contributed by atoms with Crippen LogP contribution in [-0.2, 0) is 0 Å². The molecule has 0 aliphatic carbocycles. The van der Waals surface area contributed by atoms with Gasteiger partial charge in [0.25, 0.3) is 0 Å². The van der Waals surface area contributed by atoms with E-state index in [0.29, 0.717) is 11.3 Å². The third kappa shape index (κ3) is 2.02. The number of hydrogen-bond acceptors (Lipinski definition) is 3. The molecule has 1 aromatic rings. The first-order valence-electron chi connectivity index (χ1n) is 4.39. The minimum absolute atomic E-state index is 0.263. The predicted molar refractivity (Wildman–Crippen MR) is 53.7 cm³/mol. The van der Waals surface area contributed by atoms with Crippen molar-refractivity contribution in [2.45, 2.75) is 13.0 Å². The summed E-state index contributed by atoms with van der Waals surface area (Å²) in [5.74, 6) is 0.298. The standard InChI is InChI=1S/C10H15FN2O/c1-6-3-7(11)4-8(9(13)5-12)10(6)14-2/h3-4,9H,5,12-13H2,1-2H3. The van der Waals surface area contributed by atoms with E-state index in [1.165, 1.54) is 19.2 Å². The van der Waals surface area contributed by atoms with Gasteiger partial charge in [0.05, 0.1) is 7.11 Å². The summed E-state index contributed by atoms with van der Waals surface area (Å²) in [4.78, 5) is 0. The number of ether oxygens (including phenoxy) is 1. The van der Waals surface area contributed by atoms with Crippen molar-refractivity contribution in [3.05, 3.63) is 29.1 Å². The van der Waals surface area contributed by atoms with E-state index in [1.807, 2.05) is 0 Å². The van der Waals surface area contributed by atoms with Crippen molar-refractivity contribution < 1.29 is 9.13 Å². The van der Waals surface area contributed by atoms with Gasteiger partial charge in [-0.3, -0.25) is 0 Å². The minimum Gasteiger partial charge on any atom is -0.496 e. The molecule has 4 N–H and O–H groups in total. The first kappa shape index (κ1) is 10.9. The van der Waals surface area contributed by atoms with Gasteiger partial charge in [-0.2, -0.15) is 0 Å². The highest BCUT2D eigenvalue weighted by molar-refractivity contribution is 5.43. The zero-order valence-corrected chi connectivity index (χ0v) is 8.38. The lowest BCUT2D eigenvalue weighted by Crippen LogP contribution is -2.21. The molecule has 1 aromatic carbocycles. The van der Waals surface area contributed by atoms with E-state index in [1.54, 1.807) is 6.92 Å². The molecule has 0 aromatic heterocycles. The van der Waals surface area contributed by atoms with Gasteiger partial charge in [0.15, 0.2) is 0 Å². The Kier molecular flexibility index (Phi) is 3.43. The van der Waals surface area contributed by atoms with E-state index in [0.717, 1.165) is 5.56 Å². The highest BCUT2D eigenvalue weighted by Gasteiger charge is 2.14. The molecule has 0 saturated carbocycles. The molecule has 1 unspecified atom stereocenters. The molecule has 0 heterocycles. The first-order chi connectivity index (χ1) is 6.60. The zero-order chi connectivity index (χ0) is 10.7. The van der Waals surface area contributed by atoms with Gasteiger partial charge in [0.1, 0.15) is 11.6 Å². The summed E-state index contributed by atoms with van der Waals surface area (Å²) in [6, 6.07) is 2.38. The van der Waals surface area contributed by atoms with Crippen molar-refractivity contribution in [1.29, 1.82) is 0 Å². The van der Waals surface area contributed by atoms with E-state index in [2.05, 4.69) is 0 Å². The van der Waals surface area contributed by atoms with Crippen molar-refractivity contribution in [3.63, 3.8) is 0 Å². The number of hydrogen-bond donors (Lipinski definition) is 2. The second kappa shape index (κ2) is 4.39. The zero-order valence-electron chi connectivity index (χ0n) is 8.38. The maximum atomic E-state index is 13.1. The summed E-state index contributed by atoms with van der Waals surface area (Å²) < 4.78 is 18.2. The van der Waals surface area contributed by atoms with Gasteiger partial charge in [-0.15, -0.1) is 0 Å². The highest BCUT2D eigenvalue weighted by Crippen LogP contribution is 2.28. The molecule has 0 spiro atoms. The van der Waals surface area contributed by atoms with Crippen LogP contribution in [0.5, 0.6) is 5.75 Å². The second-order valence-electron chi connectivity index (χ2n) is 3.19. The largest absolute Gasteiger partial charge is 0.496 e. The summed E-state index contributed by atoms with van der Waals surface area (Å²) in [5, 5.41) is 0. The topological polar surface area (TPSA) is 61.3 Å². The van der Waals surface area contributed by atoms with Crippen LogP contribution in [0.3, 0.4) is 0 Å². The molecular formula is C10H15FN2O. The fraction of sp³-hybridized carbons (Fsp3) is 0.400. The summed E-state index contributed by atoms with van der Waals surface area (Å²) in [6.07, 6.45) is 0. The Morgan fingerprint density at radius 3 is 2.64 bits per heavy atom. The lowest BCUT2D eigenvalue weighted by atomic mass is 10.0. The fourth-order valence-electron chi connectivity index (χ4n) is 1.44. The number of rotatable bonds is 3. The van der Waals surface area contributed by atoms with Crippen LogP contribution in [0.4, 0.5) is 4.39 Å². The van der Waals surface area contributed by atoms with E-state index >= 15 is 0 Å². The van der Waals surface area contributed by atoms with E-state index in [4.69, 9.17) is 16.2 Å². The van der Waals surface area contributed by atoms with Crippen LogP contribution < -0.4 is 16.2 Å². The van der Waals surface area contributed by atoms with Gasteiger partial charge >= 0.3 is 0 Å². The number of benzene rings is 1. The fourth-order valence-corrected chi connectivity index (χ4v) is 1.44. The van der Waals surface area contributed by atoms with Gasteiger partial charge in [0, 0.05) is 18.2 Å². The highest BCUT2D eigenvalue weighted by atomic mass is 19.1. The number of nitrogens with two attached hydrogens (primary N) is 2. The first-order valence-corrected chi connectivity index (χ1v) is 4.39. The van der Waals surface area contributed by atoms with Crippen molar-refractivity contribution >= 4 is 0 Å². The van der Waals surface area contributed by atoms with Crippen molar-refractivity contribution in [2.75, 3.05) is 13.7 Å². The third-order valence-corrected chi connectivity index (χ3v) is 2.13. The summed E-state index contributed by atoms with van der Waals surface area (Å²) in [6.45, 7) is 2.04. The van der Waals surface area contributed by atoms with Gasteiger partial charge in [0.2, 0.25) is 0 Å². The molecule has 0 bridgehead atoms. The monoisotopic (exact) mass is 198 g/mol. The van der Waals surface area contributed by atoms with Gasteiger partial charge in [-0.1, -0.05) is 0 Å². The predicted octanol–water partition coefficient (Wildman–Crippen LogP) is 1.10. The van der Waals surface area contributed by atoms with Gasteiger partial charge in [-0.25, -0.2) is 4.39 Å². The molecule has 0 aliphatic heterocycles. The molecule has 0 amide bonds. The molecular weight excluding hydrogens is 183 g/mol. The molecule has 4 heteroatoms. The molecule has 14 heavy (non-hydrogen) atoms. The van der Waals surface area contributed by atoms with Crippen LogP contribution in [0, 0.1) is 12.7 Å². The third-order valence-electron chi connectivity index (χ3n) is 2.13. The normalized spacial score (nSPS) is 12.6. The van der Waals surface area contributed by atoms with Gasteiger partial charge < -0.3 is 16.2 Å². The second-order valence-corrected chi connectivity index (χ2v) is 3.19. The van der Waals surface area contributed by atoms with Crippen LogP contribution in [0.25, 0.3) is 0 Å². The van der Waals surface area contributed by atoms with Crippen molar-refractivity contribution in [1.82, 2.24) is 0 Å². The number of aryl methyl sites for hydroxylation is 1. The lowest BCUT2D eigenvalue weighted by molar-refractivity contribution is 0.401. The Labute approximate surface area is 82.9 Å². The van der Waals surface area contributed by atoms with E-state index < -0.39 is 0 Å². The molecule has 3 nitrogen and oxygen atoms in total. The van der Waals surface area contributed by atoms with E-state index in [-0.39, 0.29) is 18.4 Å². The van der Waals surface area contributed by atoms with Crippen LogP contribution in [-0.4, -0.2) is 13.7 Å². The quantitative estimate of drug-likeness (QED) is 0.764. The van der Waals surface area contributed by atoms with E-state index in [9.17, 15) is 4.39 Å². The number of methoxy groups -OCH3 is 1. The molecule has 0 aliphatic rings. The Morgan fingerprint density at radius 2 is 2.14 bits per heavy atom. The Hall–Kier alpha value is -1.13. The molecule has 1 atom stereocenters. The van der Waals surface area contributed by atoms with Crippen LogP contribution in [0.1, 0.15) is 17.2 Å². The van der Waals surface area contributed by atoms with Gasteiger partial charge in [-0.05, 0) is 24.6 Å². The molecule has 1 rings (SSSR count). The maximum absolute atomic E-state index is 13.1. The smallest absolute Gasteiger partial charge is 0.126 e. The Morgan fingerprint density at radius 1 is 1.50 bits per heavy atom. The van der Waals surface area contributed by atoms with Crippen LogP contribution >= 0.6 is 0 Å². The minimum atomic E-state index is -0.389. The molecule has 0 fully saturated rings. The number of halogens is 1. The van der Waals surface area contributed by atoms with Crippen molar-refractivity contribution in [2.24, 2.45) is 11.5 Å². The summed E-state index contributed by atoms with van der Waals surface area (Å²) in [7, 11) is 1.53. The van der Waals surface area contributed by atoms with Crippen LogP contribution in [0.2, 0.25) is 0 Å². The molecule has 78 valence electrons. The average molecular weight is 198 g/mol.